The Morgan fingerprint density at radius 2 is 1.47 bits per heavy atom. The first-order valence-corrected chi connectivity index (χ1v) is 7.35. The third kappa shape index (κ3) is 1.61. The first-order valence-electron chi connectivity index (χ1n) is 5.76. The van der Waals surface area contributed by atoms with E-state index >= 15 is 0 Å². The molecule has 1 N–H and O–H groups in total. The van der Waals surface area contributed by atoms with Gasteiger partial charge in [0.15, 0.2) is 5.65 Å². The summed E-state index contributed by atoms with van der Waals surface area (Å²) in [7, 11) is 0. The molecule has 4 rings (SSSR count). The van der Waals surface area contributed by atoms with Gasteiger partial charge in [-0.1, -0.05) is 18.2 Å². The molecule has 0 saturated heterocycles. The van der Waals surface area contributed by atoms with Crippen molar-refractivity contribution in [3.63, 3.8) is 0 Å². The van der Waals surface area contributed by atoms with Crippen molar-refractivity contribution >= 4 is 65.0 Å². The minimum absolute atomic E-state index is 0.813. The monoisotopic (exact) mass is 375 g/mol. The van der Waals surface area contributed by atoms with Gasteiger partial charge in [-0.05, 0) is 50.1 Å². The van der Waals surface area contributed by atoms with Crippen LogP contribution in [0.4, 0.5) is 0 Å². The van der Waals surface area contributed by atoms with E-state index in [1.165, 1.54) is 0 Å². The molecular weight excluding hydrogens is 370 g/mol. The third-order valence-corrected chi connectivity index (χ3v) is 4.44. The molecule has 0 saturated carbocycles. The zero-order valence-corrected chi connectivity index (χ0v) is 12.8. The highest BCUT2D eigenvalue weighted by molar-refractivity contribution is 9.11. The minimum atomic E-state index is 0.813. The van der Waals surface area contributed by atoms with Crippen molar-refractivity contribution in [1.82, 2.24) is 15.0 Å². The predicted octanol–water partition coefficient (Wildman–Crippen LogP) is 4.79. The molecule has 2 aromatic heterocycles. The highest BCUT2D eigenvalue weighted by Gasteiger charge is 2.11. The van der Waals surface area contributed by atoms with Gasteiger partial charge in [0.05, 0.1) is 0 Å². The third-order valence-electron chi connectivity index (χ3n) is 3.16. The molecule has 19 heavy (non-hydrogen) atoms. The second-order valence-electron chi connectivity index (χ2n) is 4.32. The van der Waals surface area contributed by atoms with E-state index in [0.29, 0.717) is 0 Å². The zero-order valence-electron chi connectivity index (χ0n) is 9.61. The lowest BCUT2D eigenvalue weighted by molar-refractivity contribution is 1.34. The minimum Gasteiger partial charge on any atom is -0.338 e. The van der Waals surface area contributed by atoms with Crippen molar-refractivity contribution in [2.45, 2.75) is 0 Å². The molecule has 4 aromatic rings. The summed E-state index contributed by atoms with van der Waals surface area (Å²) < 4.78 is 1.89. The maximum atomic E-state index is 4.76. The summed E-state index contributed by atoms with van der Waals surface area (Å²) in [6, 6.07) is 12.0. The Balaban J connectivity index is 2.28. The van der Waals surface area contributed by atoms with Crippen LogP contribution < -0.4 is 0 Å². The number of rotatable bonds is 0. The van der Waals surface area contributed by atoms with E-state index in [-0.39, 0.29) is 0 Å². The molecule has 0 bridgehead atoms. The standard InChI is InChI=1S/C14H7Br2N3/c15-8-5-6-9(16)13-12(8)18-11-7-3-1-2-4-10(7)17-14(11)19-13/h1-6H,(H,17,19). The molecule has 0 aliphatic carbocycles. The molecule has 2 aromatic carbocycles. The maximum absolute atomic E-state index is 4.76. The SMILES string of the molecule is Brc1ccc(Br)c2nc3c(nc12)[nH]c1ccccc13. The lowest BCUT2D eigenvalue weighted by atomic mass is 10.2. The molecule has 3 nitrogen and oxygen atoms in total. The van der Waals surface area contributed by atoms with Crippen LogP contribution in [-0.4, -0.2) is 15.0 Å². The van der Waals surface area contributed by atoms with Crippen LogP contribution in [-0.2, 0) is 0 Å². The molecule has 0 radical (unpaired) electrons. The average molecular weight is 377 g/mol. The molecule has 92 valence electrons. The molecule has 5 heteroatoms. The quantitative estimate of drug-likeness (QED) is 0.479. The summed E-state index contributed by atoms with van der Waals surface area (Å²) in [6.45, 7) is 0. The normalized spacial score (nSPS) is 11.7. The lowest BCUT2D eigenvalue weighted by Crippen LogP contribution is -1.88. The smallest absolute Gasteiger partial charge is 0.157 e. The second-order valence-corrected chi connectivity index (χ2v) is 6.03. The van der Waals surface area contributed by atoms with Crippen molar-refractivity contribution < 1.29 is 0 Å². The second kappa shape index (κ2) is 4.02. The number of halogens is 2. The number of aromatic amines is 1. The number of fused-ring (bicyclic) bond motifs is 4. The summed E-state index contributed by atoms with van der Waals surface area (Å²) in [5, 5.41) is 1.10. The zero-order chi connectivity index (χ0) is 13.0. The van der Waals surface area contributed by atoms with E-state index in [1.54, 1.807) is 0 Å². The van der Waals surface area contributed by atoms with E-state index in [1.807, 2.05) is 30.3 Å². The van der Waals surface area contributed by atoms with Gasteiger partial charge < -0.3 is 4.98 Å². The van der Waals surface area contributed by atoms with Crippen molar-refractivity contribution in [2.75, 3.05) is 0 Å². The number of benzene rings is 2. The molecule has 0 aliphatic heterocycles. The molecule has 0 atom stereocenters. The number of nitrogens with one attached hydrogen (secondary N) is 1. The first kappa shape index (κ1) is 11.4. The molecule has 0 fully saturated rings. The summed E-state index contributed by atoms with van der Waals surface area (Å²) >= 11 is 7.06. The average Bonchev–Trinajstić information content (AvgIpc) is 2.79. The topological polar surface area (TPSA) is 41.6 Å². The van der Waals surface area contributed by atoms with Crippen molar-refractivity contribution in [3.8, 4) is 0 Å². The number of hydrogen-bond donors (Lipinski definition) is 1. The fraction of sp³-hybridized carbons (Fsp3) is 0. The van der Waals surface area contributed by atoms with Crippen LogP contribution in [0, 0.1) is 0 Å². The van der Waals surface area contributed by atoms with Crippen molar-refractivity contribution in [2.24, 2.45) is 0 Å². The van der Waals surface area contributed by atoms with E-state index in [0.717, 1.165) is 42.0 Å². The van der Waals surface area contributed by atoms with Crippen molar-refractivity contribution in [1.29, 1.82) is 0 Å². The van der Waals surface area contributed by atoms with Gasteiger partial charge >= 0.3 is 0 Å². The van der Waals surface area contributed by atoms with E-state index in [9.17, 15) is 0 Å². The predicted molar refractivity (Wildman–Crippen MR) is 84.3 cm³/mol. The van der Waals surface area contributed by atoms with Crippen LogP contribution in [0.5, 0.6) is 0 Å². The van der Waals surface area contributed by atoms with Gasteiger partial charge in [-0.2, -0.15) is 0 Å². The lowest BCUT2D eigenvalue weighted by Gasteiger charge is -2.02. The maximum Gasteiger partial charge on any atom is 0.157 e. The van der Waals surface area contributed by atoms with Gasteiger partial charge in [-0.25, -0.2) is 9.97 Å². The number of H-pyrrole nitrogens is 1. The molecule has 0 aliphatic rings. The van der Waals surface area contributed by atoms with Gasteiger partial charge in [0, 0.05) is 19.8 Å². The molecule has 0 spiro atoms. The van der Waals surface area contributed by atoms with Crippen molar-refractivity contribution in [3.05, 3.63) is 45.3 Å². The number of nitrogens with zero attached hydrogens (tertiary/aromatic N) is 2. The number of para-hydroxylation sites is 1. The van der Waals surface area contributed by atoms with Gasteiger partial charge in [-0.15, -0.1) is 0 Å². The van der Waals surface area contributed by atoms with E-state index in [2.05, 4.69) is 47.9 Å². The molecule has 2 heterocycles. The summed E-state index contributed by atoms with van der Waals surface area (Å²) in [5.74, 6) is 0. The summed E-state index contributed by atoms with van der Waals surface area (Å²) in [6.07, 6.45) is 0. The Morgan fingerprint density at radius 3 is 2.26 bits per heavy atom. The van der Waals surface area contributed by atoms with Gasteiger partial charge in [0.25, 0.3) is 0 Å². The van der Waals surface area contributed by atoms with Gasteiger partial charge in [-0.3, -0.25) is 0 Å². The Bertz CT molecular complexity index is 944. The van der Waals surface area contributed by atoms with Crippen LogP contribution in [0.25, 0.3) is 33.1 Å². The molecule has 0 amide bonds. The van der Waals surface area contributed by atoms with Crippen LogP contribution in [0.3, 0.4) is 0 Å². The Morgan fingerprint density at radius 1 is 0.789 bits per heavy atom. The highest BCUT2D eigenvalue weighted by Crippen LogP contribution is 2.31. The van der Waals surface area contributed by atoms with Crippen LogP contribution >= 0.6 is 31.9 Å². The van der Waals surface area contributed by atoms with Crippen LogP contribution in [0.15, 0.2) is 45.3 Å². The summed E-state index contributed by atoms with van der Waals surface area (Å²) in [5.41, 5.74) is 4.49. The fourth-order valence-electron chi connectivity index (χ4n) is 2.27. The Hall–Kier alpha value is -1.46. The first-order chi connectivity index (χ1) is 9.24. The van der Waals surface area contributed by atoms with E-state index in [4.69, 9.17) is 4.98 Å². The van der Waals surface area contributed by atoms with E-state index < -0.39 is 0 Å². The number of hydrogen-bond acceptors (Lipinski definition) is 2. The van der Waals surface area contributed by atoms with Crippen LogP contribution in [0.1, 0.15) is 0 Å². The Labute approximate surface area is 125 Å². The van der Waals surface area contributed by atoms with Crippen LogP contribution in [0.2, 0.25) is 0 Å². The number of aromatic nitrogens is 3. The van der Waals surface area contributed by atoms with Gasteiger partial charge in [0.2, 0.25) is 0 Å². The largest absolute Gasteiger partial charge is 0.338 e. The summed E-state index contributed by atoms with van der Waals surface area (Å²) in [4.78, 5) is 12.7. The fourth-order valence-corrected chi connectivity index (χ4v) is 3.09. The Kier molecular flexibility index (Phi) is 2.40. The molecular formula is C14H7Br2N3. The van der Waals surface area contributed by atoms with Gasteiger partial charge in [0.1, 0.15) is 16.6 Å². The molecule has 0 unspecified atom stereocenters. The highest BCUT2D eigenvalue weighted by atomic mass is 79.9.